The van der Waals surface area contributed by atoms with Gasteiger partial charge in [0.25, 0.3) is 0 Å². The maximum Gasteiger partial charge on any atom is 0.333 e. The minimum atomic E-state index is 0.0206. The highest BCUT2D eigenvalue weighted by atomic mass is 32.1. The minimum Gasteiger partial charge on any atom is -0.375 e. The van der Waals surface area contributed by atoms with Crippen molar-refractivity contribution in [3.8, 4) is 27.9 Å². The van der Waals surface area contributed by atoms with Crippen LogP contribution in [0.4, 0.5) is 11.4 Å². The zero-order valence-electron chi connectivity index (χ0n) is 38.5. The SMILES string of the molecule is Cc1cc2c3c(c1)-n1c4ccc(C56CC7CC(CC(C7)C5)C6)cc4c4cc(C56CC7CC(CC(C7)C5)C6)cc(c41)B3N(c1ccc(-c3ccccc3)cc1)c1c-2ccc2c1sc1ccccc12. The Balaban J connectivity index is 0.979. The average molecular weight is 883 g/mol. The van der Waals surface area contributed by atoms with Gasteiger partial charge in [0.15, 0.2) is 0 Å². The maximum absolute atomic E-state index is 2.84. The number of hydrogen-bond donors (Lipinski definition) is 0. The van der Waals surface area contributed by atoms with Gasteiger partial charge < -0.3 is 9.38 Å². The summed E-state index contributed by atoms with van der Waals surface area (Å²) in [6, 6.07) is 53.4. The van der Waals surface area contributed by atoms with E-state index in [2.05, 4.69) is 150 Å². The third-order valence-corrected chi connectivity index (χ3v) is 21.1. The van der Waals surface area contributed by atoms with Crippen LogP contribution >= 0.6 is 11.3 Å². The number of fused-ring (bicyclic) bond motifs is 11. The van der Waals surface area contributed by atoms with Crippen LogP contribution in [-0.2, 0) is 10.8 Å². The predicted octanol–water partition coefficient (Wildman–Crippen LogP) is 15.3. The van der Waals surface area contributed by atoms with Gasteiger partial charge in [0.05, 0.1) is 21.4 Å². The Morgan fingerprint density at radius 2 is 1.15 bits per heavy atom. The fourth-order valence-electron chi connectivity index (χ4n) is 18.2. The molecule has 10 aliphatic rings. The first-order valence-electron chi connectivity index (χ1n) is 26.1. The molecule has 326 valence electrons. The van der Waals surface area contributed by atoms with Crippen LogP contribution in [-0.4, -0.2) is 11.4 Å². The molecule has 0 amide bonds. The van der Waals surface area contributed by atoms with Crippen LogP contribution in [0.3, 0.4) is 0 Å². The molecule has 9 aromatic rings. The van der Waals surface area contributed by atoms with Gasteiger partial charge in [0.1, 0.15) is 0 Å². The van der Waals surface area contributed by atoms with E-state index in [9.17, 15) is 0 Å². The lowest BCUT2D eigenvalue weighted by atomic mass is 9.42. The van der Waals surface area contributed by atoms with Crippen molar-refractivity contribution in [1.29, 1.82) is 0 Å². The van der Waals surface area contributed by atoms with Crippen molar-refractivity contribution < 1.29 is 0 Å². The van der Waals surface area contributed by atoms with Crippen molar-refractivity contribution in [1.82, 2.24) is 4.57 Å². The number of nitrogens with zero attached hydrogens (tertiary/aromatic N) is 2. The molecule has 0 unspecified atom stereocenters. The lowest BCUT2D eigenvalue weighted by Gasteiger charge is -2.57. The van der Waals surface area contributed by atoms with Gasteiger partial charge in [-0.05, 0) is 217 Å². The van der Waals surface area contributed by atoms with Crippen LogP contribution in [0, 0.1) is 42.4 Å². The first kappa shape index (κ1) is 37.4. The van der Waals surface area contributed by atoms with Crippen molar-refractivity contribution in [2.75, 3.05) is 4.81 Å². The summed E-state index contributed by atoms with van der Waals surface area (Å²) in [4.78, 5) is 2.84. The predicted molar refractivity (Wildman–Crippen MR) is 283 cm³/mol. The number of benzene rings is 7. The smallest absolute Gasteiger partial charge is 0.333 e. The van der Waals surface area contributed by atoms with E-state index in [-0.39, 0.29) is 12.3 Å². The van der Waals surface area contributed by atoms with Crippen LogP contribution < -0.4 is 15.7 Å². The van der Waals surface area contributed by atoms with E-state index in [0.29, 0.717) is 5.41 Å². The number of aromatic nitrogens is 1. The van der Waals surface area contributed by atoms with Crippen LogP contribution in [0.15, 0.2) is 133 Å². The van der Waals surface area contributed by atoms with E-state index < -0.39 is 0 Å². The Morgan fingerprint density at radius 3 is 1.85 bits per heavy atom. The van der Waals surface area contributed by atoms with Crippen LogP contribution in [0.5, 0.6) is 0 Å². The second-order valence-corrected chi connectivity index (χ2v) is 24.8. The molecule has 2 nitrogen and oxygen atoms in total. The quantitative estimate of drug-likeness (QED) is 0.160. The number of hydrogen-bond acceptors (Lipinski definition) is 2. The Bertz CT molecular complexity index is 3560. The highest BCUT2D eigenvalue weighted by Gasteiger charge is 2.54. The standard InChI is InChI=1S/C63H55BN2S/c1-36-19-52-49-16-17-50-48-9-5-6-10-57(48)67-61(50)60(49)66(47-14-11-44(12-15-47)43-7-3-2-4-8-43)64-54-29-46(63-33-40-24-41(34-63)26-42(25-40)35-63)28-53-51-27-45(62-30-37-21-38(31-62)23-39(22-37)32-62)13-18-55(51)65(59(53)54)56(20-36)58(52)64/h2-20,27-29,37-42H,21-26,30-35H2,1H3. The van der Waals surface area contributed by atoms with Gasteiger partial charge in [-0.25, -0.2) is 0 Å². The molecule has 0 atom stereocenters. The summed E-state index contributed by atoms with van der Waals surface area (Å²) >= 11 is 1.99. The molecule has 8 aliphatic carbocycles. The number of rotatable bonds is 4. The summed E-state index contributed by atoms with van der Waals surface area (Å²) in [7, 11) is 0. The molecule has 2 aliphatic heterocycles. The lowest BCUT2D eigenvalue weighted by Crippen LogP contribution is -2.61. The van der Waals surface area contributed by atoms with Gasteiger partial charge in [-0.15, -0.1) is 11.3 Å². The molecule has 4 heterocycles. The van der Waals surface area contributed by atoms with Crippen molar-refractivity contribution in [3.05, 3.63) is 150 Å². The zero-order chi connectivity index (χ0) is 43.5. The van der Waals surface area contributed by atoms with Crippen LogP contribution in [0.1, 0.15) is 93.7 Å². The Kier molecular flexibility index (Phi) is 7.22. The van der Waals surface area contributed by atoms with Crippen LogP contribution in [0.25, 0.3) is 69.9 Å². The first-order chi connectivity index (χ1) is 32.9. The van der Waals surface area contributed by atoms with Gasteiger partial charge in [0, 0.05) is 43.2 Å². The maximum atomic E-state index is 2.84. The lowest BCUT2D eigenvalue weighted by molar-refractivity contribution is -0.00526. The fraction of sp³-hybridized carbons (Fsp3) is 0.333. The zero-order valence-corrected chi connectivity index (χ0v) is 39.3. The highest BCUT2D eigenvalue weighted by molar-refractivity contribution is 7.26. The Morgan fingerprint density at radius 1 is 0.522 bits per heavy atom. The van der Waals surface area contributed by atoms with E-state index in [1.807, 2.05) is 11.3 Å². The molecule has 0 N–H and O–H groups in total. The molecule has 19 rings (SSSR count). The van der Waals surface area contributed by atoms with Gasteiger partial charge >= 0.3 is 6.85 Å². The summed E-state index contributed by atoms with van der Waals surface area (Å²) < 4.78 is 5.54. The highest BCUT2D eigenvalue weighted by Crippen LogP contribution is 2.63. The Hall–Kier alpha value is -5.58. The molecule has 2 aromatic heterocycles. The normalized spacial score (nSPS) is 29.2. The molecule has 8 fully saturated rings. The van der Waals surface area contributed by atoms with E-state index in [1.54, 1.807) is 11.1 Å². The number of anilines is 2. The van der Waals surface area contributed by atoms with Crippen molar-refractivity contribution in [2.45, 2.75) is 94.8 Å². The number of thiophene rings is 1. The van der Waals surface area contributed by atoms with E-state index in [0.717, 1.165) is 35.5 Å². The topological polar surface area (TPSA) is 8.17 Å². The van der Waals surface area contributed by atoms with E-state index >= 15 is 0 Å². The molecule has 8 bridgehead atoms. The second kappa shape index (κ2) is 12.9. The van der Waals surface area contributed by atoms with E-state index in [4.69, 9.17) is 0 Å². The first-order valence-corrected chi connectivity index (χ1v) is 26.9. The molecule has 4 heteroatoms. The minimum absolute atomic E-state index is 0.0206. The second-order valence-electron chi connectivity index (χ2n) is 23.8. The summed E-state index contributed by atoms with van der Waals surface area (Å²) in [5.41, 5.74) is 20.5. The molecule has 0 radical (unpaired) electrons. The molecule has 67 heavy (non-hydrogen) atoms. The molecule has 0 saturated heterocycles. The monoisotopic (exact) mass is 882 g/mol. The molecular formula is C63H55BN2S. The summed E-state index contributed by atoms with van der Waals surface area (Å²) in [5, 5.41) is 5.76. The third kappa shape index (κ3) is 4.98. The van der Waals surface area contributed by atoms with Gasteiger partial charge in [-0.3, -0.25) is 0 Å². The van der Waals surface area contributed by atoms with Crippen LogP contribution in [0.2, 0.25) is 0 Å². The third-order valence-electron chi connectivity index (χ3n) is 19.9. The average Bonchev–Trinajstić information content (AvgIpc) is 3.88. The molecular weight excluding hydrogens is 828 g/mol. The largest absolute Gasteiger partial charge is 0.375 e. The van der Waals surface area contributed by atoms with Crippen molar-refractivity contribution in [2.24, 2.45) is 35.5 Å². The summed E-state index contributed by atoms with van der Waals surface area (Å²) in [6.45, 7) is 2.37. The fourth-order valence-corrected chi connectivity index (χ4v) is 19.4. The van der Waals surface area contributed by atoms with Gasteiger partial charge in [0.2, 0.25) is 0 Å². The molecule has 0 spiro atoms. The van der Waals surface area contributed by atoms with Crippen molar-refractivity contribution >= 4 is 82.5 Å². The molecule has 8 saturated carbocycles. The van der Waals surface area contributed by atoms with Crippen molar-refractivity contribution in [3.63, 3.8) is 0 Å². The summed E-state index contributed by atoms with van der Waals surface area (Å²) in [5.74, 6) is 5.45. The van der Waals surface area contributed by atoms with Gasteiger partial charge in [-0.1, -0.05) is 91.0 Å². The molecule has 7 aromatic carbocycles. The summed E-state index contributed by atoms with van der Waals surface area (Å²) in [6.07, 6.45) is 17.2. The Labute approximate surface area is 398 Å². The van der Waals surface area contributed by atoms with Gasteiger partial charge in [-0.2, -0.15) is 0 Å². The van der Waals surface area contributed by atoms with E-state index in [1.165, 1.54) is 175 Å². The number of aryl methyl sites for hydroxylation is 1.